The van der Waals surface area contributed by atoms with Crippen molar-refractivity contribution in [3.63, 3.8) is 0 Å². The molecule has 132 valence electrons. The van der Waals surface area contributed by atoms with E-state index in [0.29, 0.717) is 24.2 Å². The number of para-hydroxylation sites is 3. The third-order valence-corrected chi connectivity index (χ3v) is 4.38. The molecule has 2 aromatic rings. The van der Waals surface area contributed by atoms with E-state index in [-0.39, 0.29) is 11.8 Å². The van der Waals surface area contributed by atoms with E-state index in [4.69, 9.17) is 5.73 Å². The first-order valence-electron chi connectivity index (χ1n) is 8.25. The average molecular weight is 404 g/mol. The van der Waals surface area contributed by atoms with Crippen molar-refractivity contribution in [3.05, 3.63) is 53.0 Å². The molecule has 5 nitrogen and oxygen atoms in total. The molecule has 0 saturated heterocycles. The number of nitrogen functional groups attached to an aromatic ring is 1. The minimum absolute atomic E-state index is 0.0200. The lowest BCUT2D eigenvalue weighted by Crippen LogP contribution is -2.13. The molecule has 2 rings (SSSR count). The summed E-state index contributed by atoms with van der Waals surface area (Å²) < 4.78 is 0.861. The largest absolute Gasteiger partial charge is 0.397 e. The number of amides is 2. The Morgan fingerprint density at radius 3 is 1.92 bits per heavy atom. The predicted molar refractivity (Wildman–Crippen MR) is 105 cm³/mol. The number of hydrogen-bond acceptors (Lipinski definition) is 3. The zero-order valence-electron chi connectivity index (χ0n) is 13.9. The van der Waals surface area contributed by atoms with Crippen LogP contribution in [0.3, 0.4) is 0 Å². The van der Waals surface area contributed by atoms with Gasteiger partial charge in [-0.05, 0) is 53.0 Å². The van der Waals surface area contributed by atoms with Crippen molar-refractivity contribution in [2.45, 2.75) is 32.1 Å². The van der Waals surface area contributed by atoms with Crippen LogP contribution in [0.4, 0.5) is 17.1 Å². The van der Waals surface area contributed by atoms with Gasteiger partial charge < -0.3 is 16.4 Å². The van der Waals surface area contributed by atoms with Crippen molar-refractivity contribution in [3.8, 4) is 0 Å². The molecule has 0 atom stereocenters. The van der Waals surface area contributed by atoms with Crippen LogP contribution in [-0.2, 0) is 9.59 Å². The smallest absolute Gasteiger partial charge is 0.224 e. The third-order valence-electron chi connectivity index (χ3n) is 3.69. The van der Waals surface area contributed by atoms with E-state index in [0.717, 1.165) is 29.4 Å². The van der Waals surface area contributed by atoms with Crippen LogP contribution in [0.15, 0.2) is 53.0 Å². The molecular formula is C19H22BrN3O2. The van der Waals surface area contributed by atoms with E-state index in [2.05, 4.69) is 26.6 Å². The molecule has 2 aromatic carbocycles. The van der Waals surface area contributed by atoms with Gasteiger partial charge in [0.1, 0.15) is 0 Å². The van der Waals surface area contributed by atoms with Crippen LogP contribution < -0.4 is 16.4 Å². The molecule has 6 heteroatoms. The van der Waals surface area contributed by atoms with Crippen LogP contribution in [0.5, 0.6) is 0 Å². The Hall–Kier alpha value is -2.34. The van der Waals surface area contributed by atoms with Crippen molar-refractivity contribution in [2.75, 3.05) is 16.4 Å². The fourth-order valence-electron chi connectivity index (χ4n) is 2.35. The van der Waals surface area contributed by atoms with Gasteiger partial charge in [-0.3, -0.25) is 9.59 Å². The lowest BCUT2D eigenvalue weighted by molar-refractivity contribution is -0.116. The molecule has 0 aliphatic rings. The molecule has 2 amide bonds. The van der Waals surface area contributed by atoms with E-state index in [1.54, 1.807) is 12.1 Å². The highest BCUT2D eigenvalue weighted by molar-refractivity contribution is 9.10. The zero-order chi connectivity index (χ0) is 18.1. The third kappa shape index (κ3) is 6.58. The molecule has 0 heterocycles. The maximum absolute atomic E-state index is 11.9. The van der Waals surface area contributed by atoms with Crippen LogP contribution in [0.2, 0.25) is 0 Å². The molecule has 0 unspecified atom stereocenters. The molecular weight excluding hydrogens is 382 g/mol. The lowest BCUT2D eigenvalue weighted by atomic mass is 10.1. The first-order valence-corrected chi connectivity index (χ1v) is 9.04. The lowest BCUT2D eigenvalue weighted by Gasteiger charge is -2.08. The van der Waals surface area contributed by atoms with Crippen molar-refractivity contribution < 1.29 is 9.59 Å². The molecule has 0 aliphatic heterocycles. The van der Waals surface area contributed by atoms with Crippen molar-refractivity contribution in [1.82, 2.24) is 0 Å². The van der Waals surface area contributed by atoms with Gasteiger partial charge in [0, 0.05) is 17.3 Å². The second kappa shape index (κ2) is 9.84. The number of unbranched alkanes of at least 4 members (excludes halogenated alkanes) is 2. The number of anilines is 3. The molecule has 0 bridgehead atoms. The molecule has 0 radical (unpaired) electrons. The summed E-state index contributed by atoms with van der Waals surface area (Å²) in [6.45, 7) is 0. The summed E-state index contributed by atoms with van der Waals surface area (Å²) in [5.74, 6) is -0.0796. The van der Waals surface area contributed by atoms with Crippen molar-refractivity contribution in [1.29, 1.82) is 0 Å². The Morgan fingerprint density at radius 1 is 0.800 bits per heavy atom. The first kappa shape index (κ1) is 19.0. The first-order chi connectivity index (χ1) is 12.1. The monoisotopic (exact) mass is 403 g/mol. The topological polar surface area (TPSA) is 84.2 Å². The van der Waals surface area contributed by atoms with Crippen LogP contribution >= 0.6 is 15.9 Å². The molecule has 0 aromatic heterocycles. The Morgan fingerprint density at radius 2 is 1.32 bits per heavy atom. The number of benzene rings is 2. The highest BCUT2D eigenvalue weighted by Crippen LogP contribution is 2.21. The number of carbonyl (C=O) groups excluding carboxylic acids is 2. The number of carbonyl (C=O) groups is 2. The maximum Gasteiger partial charge on any atom is 0.224 e. The fraction of sp³-hybridized carbons (Fsp3) is 0.263. The highest BCUT2D eigenvalue weighted by Gasteiger charge is 2.07. The quantitative estimate of drug-likeness (QED) is 0.446. The van der Waals surface area contributed by atoms with Gasteiger partial charge in [-0.15, -0.1) is 0 Å². The summed E-state index contributed by atoms with van der Waals surface area (Å²) in [5.41, 5.74) is 7.75. The zero-order valence-corrected chi connectivity index (χ0v) is 15.5. The van der Waals surface area contributed by atoms with Gasteiger partial charge in [0.2, 0.25) is 11.8 Å². The van der Waals surface area contributed by atoms with E-state index in [1.165, 1.54) is 0 Å². The summed E-state index contributed by atoms with van der Waals surface area (Å²) in [5, 5.41) is 5.67. The van der Waals surface area contributed by atoms with E-state index < -0.39 is 0 Å². The number of halogens is 1. The Labute approximate surface area is 156 Å². The molecule has 25 heavy (non-hydrogen) atoms. The van der Waals surface area contributed by atoms with Gasteiger partial charge >= 0.3 is 0 Å². The second-order valence-corrected chi connectivity index (χ2v) is 6.58. The SMILES string of the molecule is Nc1ccccc1NC(=O)CCCCCC(=O)Nc1ccccc1Br. The molecule has 0 fully saturated rings. The van der Waals surface area contributed by atoms with Gasteiger partial charge in [-0.1, -0.05) is 30.7 Å². The standard InChI is InChI=1S/C19H22BrN3O2/c20-14-8-4-6-10-16(14)22-18(24)12-2-1-3-13-19(25)23-17-11-7-5-9-15(17)21/h4-11H,1-3,12-13,21H2,(H,22,24)(H,23,25). The minimum atomic E-state index is -0.0597. The summed E-state index contributed by atoms with van der Waals surface area (Å²) in [4.78, 5) is 23.8. The normalized spacial score (nSPS) is 10.3. The Kier molecular flexibility index (Phi) is 7.47. The van der Waals surface area contributed by atoms with Gasteiger partial charge in [-0.2, -0.15) is 0 Å². The fourth-order valence-corrected chi connectivity index (χ4v) is 2.73. The maximum atomic E-state index is 11.9. The van der Waals surface area contributed by atoms with Crippen LogP contribution in [0, 0.1) is 0 Å². The second-order valence-electron chi connectivity index (χ2n) is 5.72. The van der Waals surface area contributed by atoms with E-state index >= 15 is 0 Å². The van der Waals surface area contributed by atoms with Crippen LogP contribution in [0.25, 0.3) is 0 Å². The molecule has 0 saturated carbocycles. The van der Waals surface area contributed by atoms with Gasteiger partial charge in [0.25, 0.3) is 0 Å². The minimum Gasteiger partial charge on any atom is -0.397 e. The molecule has 4 N–H and O–H groups in total. The van der Waals surface area contributed by atoms with Gasteiger partial charge in [-0.25, -0.2) is 0 Å². The number of nitrogens with one attached hydrogen (secondary N) is 2. The predicted octanol–water partition coefficient (Wildman–Crippen LogP) is 4.56. The summed E-state index contributed by atoms with van der Waals surface area (Å²) in [6.07, 6.45) is 3.16. The van der Waals surface area contributed by atoms with Crippen LogP contribution in [-0.4, -0.2) is 11.8 Å². The number of rotatable bonds is 8. The van der Waals surface area contributed by atoms with E-state index in [1.807, 2.05) is 36.4 Å². The Balaban J connectivity index is 1.61. The molecule has 0 spiro atoms. The average Bonchev–Trinajstić information content (AvgIpc) is 2.59. The number of hydrogen-bond donors (Lipinski definition) is 3. The van der Waals surface area contributed by atoms with Gasteiger partial charge in [0.15, 0.2) is 0 Å². The summed E-state index contributed by atoms with van der Waals surface area (Å²) in [6, 6.07) is 14.7. The van der Waals surface area contributed by atoms with Crippen LogP contribution in [0.1, 0.15) is 32.1 Å². The highest BCUT2D eigenvalue weighted by atomic mass is 79.9. The van der Waals surface area contributed by atoms with Gasteiger partial charge in [0.05, 0.1) is 17.1 Å². The van der Waals surface area contributed by atoms with Crippen molar-refractivity contribution >= 4 is 44.8 Å². The number of nitrogens with two attached hydrogens (primary N) is 1. The molecule has 0 aliphatic carbocycles. The van der Waals surface area contributed by atoms with Crippen molar-refractivity contribution in [2.24, 2.45) is 0 Å². The van der Waals surface area contributed by atoms with E-state index in [9.17, 15) is 9.59 Å². The Bertz CT molecular complexity index is 673. The summed E-state index contributed by atoms with van der Waals surface area (Å²) >= 11 is 3.40. The summed E-state index contributed by atoms with van der Waals surface area (Å²) in [7, 11) is 0.